The molecule has 0 aromatic carbocycles. The maximum atomic E-state index is 12.9. The van der Waals surface area contributed by atoms with Crippen molar-refractivity contribution >= 4 is 11.8 Å². The Morgan fingerprint density at radius 2 is 2.00 bits per heavy atom. The molecule has 2 aromatic heterocycles. The first-order valence-corrected chi connectivity index (χ1v) is 9.19. The lowest BCUT2D eigenvalue weighted by atomic mass is 9.92. The number of aromatic nitrogens is 3. The summed E-state index contributed by atoms with van der Waals surface area (Å²) in [6.45, 7) is 1.94. The molecule has 2 atom stereocenters. The molecule has 1 aliphatic carbocycles. The number of piperidine rings is 1. The molecule has 2 amide bonds. The molecule has 1 N–H and O–H groups in total. The van der Waals surface area contributed by atoms with Gasteiger partial charge in [0.25, 0.3) is 5.91 Å². The van der Waals surface area contributed by atoms with Gasteiger partial charge in [0.1, 0.15) is 5.69 Å². The molecular weight excluding hydrogens is 330 g/mol. The van der Waals surface area contributed by atoms with Crippen molar-refractivity contribution in [1.29, 1.82) is 0 Å². The predicted octanol–water partition coefficient (Wildman–Crippen LogP) is 1.69. The van der Waals surface area contributed by atoms with Crippen LogP contribution in [0.15, 0.2) is 24.5 Å². The molecule has 4 rings (SSSR count). The second-order valence-corrected chi connectivity index (χ2v) is 7.43. The molecule has 0 radical (unpaired) electrons. The number of hydrogen-bond donors (Lipinski definition) is 1. The molecule has 26 heavy (non-hydrogen) atoms. The van der Waals surface area contributed by atoms with Crippen molar-refractivity contribution in [2.24, 2.45) is 14.1 Å². The summed E-state index contributed by atoms with van der Waals surface area (Å²) in [4.78, 5) is 27.6. The number of hydrogen-bond acceptors (Lipinski definition) is 3. The van der Waals surface area contributed by atoms with Crippen molar-refractivity contribution < 1.29 is 9.59 Å². The van der Waals surface area contributed by atoms with Crippen LogP contribution >= 0.6 is 0 Å². The van der Waals surface area contributed by atoms with E-state index < -0.39 is 0 Å². The van der Waals surface area contributed by atoms with E-state index >= 15 is 0 Å². The van der Waals surface area contributed by atoms with E-state index in [1.165, 1.54) is 0 Å². The monoisotopic (exact) mass is 355 g/mol. The fraction of sp³-hybridized carbons (Fsp3) is 0.526. The molecule has 7 heteroatoms. The van der Waals surface area contributed by atoms with E-state index in [-0.39, 0.29) is 23.9 Å². The van der Waals surface area contributed by atoms with Crippen molar-refractivity contribution in [2.75, 3.05) is 0 Å². The van der Waals surface area contributed by atoms with Crippen LogP contribution in [-0.2, 0) is 18.9 Å². The molecule has 2 fully saturated rings. The van der Waals surface area contributed by atoms with Gasteiger partial charge in [-0.25, -0.2) is 0 Å². The van der Waals surface area contributed by atoms with Gasteiger partial charge in [0.05, 0.1) is 17.8 Å². The molecule has 1 saturated heterocycles. The van der Waals surface area contributed by atoms with Crippen molar-refractivity contribution in [3.05, 3.63) is 41.5 Å². The standard InChI is InChI=1S/C19H25N5O2/c1-12-9-11-22(2)17(12)19(26)21-14-6-7-16(25)24(13-4-5-13)18(14)15-8-10-20-23(15)3/h8-11,13-14,18H,4-7H2,1-3H3,(H,21,26)/t14-,18-/m1/s1. The number of carbonyl (C=O) groups excluding carboxylic acids is 2. The topological polar surface area (TPSA) is 72.2 Å². The average Bonchev–Trinajstić information content (AvgIpc) is 3.26. The SMILES string of the molecule is Cc1ccn(C)c1C(=O)N[C@@H]1CCC(=O)N(C2CC2)[C@H]1c1ccnn1C. The van der Waals surface area contributed by atoms with Crippen molar-refractivity contribution in [3.63, 3.8) is 0 Å². The van der Waals surface area contributed by atoms with E-state index in [0.717, 1.165) is 24.1 Å². The van der Waals surface area contributed by atoms with Crippen LogP contribution < -0.4 is 5.32 Å². The molecule has 138 valence electrons. The molecule has 1 saturated carbocycles. The summed E-state index contributed by atoms with van der Waals surface area (Å²) in [6, 6.07) is 3.89. The van der Waals surface area contributed by atoms with Crippen LogP contribution in [0.3, 0.4) is 0 Å². The maximum absolute atomic E-state index is 12.9. The zero-order chi connectivity index (χ0) is 18.4. The third-order valence-corrected chi connectivity index (χ3v) is 5.55. The number of likely N-dealkylation sites (tertiary alicyclic amines) is 1. The van der Waals surface area contributed by atoms with Crippen LogP contribution in [0.25, 0.3) is 0 Å². The summed E-state index contributed by atoms with van der Waals surface area (Å²) >= 11 is 0. The highest BCUT2D eigenvalue weighted by Gasteiger charge is 2.45. The van der Waals surface area contributed by atoms with E-state index in [9.17, 15) is 9.59 Å². The van der Waals surface area contributed by atoms with Crippen LogP contribution in [0.4, 0.5) is 0 Å². The highest BCUT2D eigenvalue weighted by molar-refractivity contribution is 5.94. The maximum Gasteiger partial charge on any atom is 0.268 e. The first-order valence-electron chi connectivity index (χ1n) is 9.19. The van der Waals surface area contributed by atoms with Crippen LogP contribution in [0.1, 0.15) is 53.5 Å². The van der Waals surface area contributed by atoms with Gasteiger partial charge in [0.2, 0.25) is 5.91 Å². The second-order valence-electron chi connectivity index (χ2n) is 7.43. The van der Waals surface area contributed by atoms with Gasteiger partial charge in [-0.2, -0.15) is 5.10 Å². The number of aryl methyl sites for hydroxylation is 3. The molecule has 0 spiro atoms. The normalized spacial score (nSPS) is 23.3. The van der Waals surface area contributed by atoms with Crippen molar-refractivity contribution in [2.45, 2.75) is 50.7 Å². The first-order chi connectivity index (χ1) is 12.5. The minimum absolute atomic E-state index is 0.0859. The van der Waals surface area contributed by atoms with Gasteiger partial charge >= 0.3 is 0 Å². The summed E-state index contributed by atoms with van der Waals surface area (Å²) < 4.78 is 3.65. The van der Waals surface area contributed by atoms with Gasteiger partial charge in [-0.1, -0.05) is 0 Å². The largest absolute Gasteiger partial charge is 0.346 e. The van der Waals surface area contributed by atoms with Gasteiger partial charge in [-0.05, 0) is 43.9 Å². The fourth-order valence-electron chi connectivity index (χ4n) is 4.10. The summed E-state index contributed by atoms with van der Waals surface area (Å²) in [7, 11) is 3.77. The number of nitrogens with one attached hydrogen (secondary N) is 1. The number of amides is 2. The molecule has 3 heterocycles. The summed E-state index contributed by atoms with van der Waals surface area (Å²) in [5.74, 6) is 0.0940. The second kappa shape index (κ2) is 6.30. The van der Waals surface area contributed by atoms with Crippen molar-refractivity contribution in [3.8, 4) is 0 Å². The lowest BCUT2D eigenvalue weighted by molar-refractivity contribution is -0.138. The van der Waals surface area contributed by atoms with E-state index in [2.05, 4.69) is 10.4 Å². The Hall–Kier alpha value is -2.57. The average molecular weight is 355 g/mol. The molecule has 0 unspecified atom stereocenters. The first kappa shape index (κ1) is 16.9. The molecule has 7 nitrogen and oxygen atoms in total. The lowest BCUT2D eigenvalue weighted by Gasteiger charge is -2.41. The van der Waals surface area contributed by atoms with Crippen LogP contribution in [0, 0.1) is 6.92 Å². The number of carbonyl (C=O) groups is 2. The Bertz CT molecular complexity index is 828. The van der Waals surface area contributed by atoms with Crippen LogP contribution in [0.5, 0.6) is 0 Å². The van der Waals surface area contributed by atoms with Gasteiger partial charge in [0, 0.05) is 39.0 Å². The minimum Gasteiger partial charge on any atom is -0.346 e. The predicted molar refractivity (Wildman–Crippen MR) is 96.5 cm³/mol. The quantitative estimate of drug-likeness (QED) is 0.907. The number of rotatable bonds is 4. The van der Waals surface area contributed by atoms with Gasteiger partial charge < -0.3 is 14.8 Å². The molecule has 2 aliphatic rings. The summed E-state index contributed by atoms with van der Waals surface area (Å²) in [6.07, 6.45) is 6.84. The van der Waals surface area contributed by atoms with Gasteiger partial charge in [-0.3, -0.25) is 14.3 Å². The minimum atomic E-state index is -0.166. The zero-order valence-corrected chi connectivity index (χ0v) is 15.5. The van der Waals surface area contributed by atoms with Gasteiger partial charge in [-0.15, -0.1) is 0 Å². The summed E-state index contributed by atoms with van der Waals surface area (Å²) in [5, 5.41) is 7.49. The molecular formula is C19H25N5O2. The third kappa shape index (κ3) is 2.81. The Labute approximate surface area is 153 Å². The van der Waals surface area contributed by atoms with Crippen LogP contribution in [-0.4, -0.2) is 43.1 Å². The van der Waals surface area contributed by atoms with E-state index in [4.69, 9.17) is 0 Å². The lowest BCUT2D eigenvalue weighted by Crippen LogP contribution is -2.53. The fourth-order valence-corrected chi connectivity index (χ4v) is 4.10. The van der Waals surface area contributed by atoms with E-state index in [1.807, 2.05) is 53.5 Å². The molecule has 1 aliphatic heterocycles. The highest BCUT2D eigenvalue weighted by atomic mass is 16.2. The number of nitrogens with zero attached hydrogens (tertiary/aromatic N) is 4. The van der Waals surface area contributed by atoms with E-state index in [1.54, 1.807) is 6.20 Å². The van der Waals surface area contributed by atoms with Crippen molar-refractivity contribution in [1.82, 2.24) is 24.6 Å². The Kier molecular flexibility index (Phi) is 4.09. The Morgan fingerprint density at radius 3 is 2.58 bits per heavy atom. The third-order valence-electron chi connectivity index (χ3n) is 5.55. The zero-order valence-electron chi connectivity index (χ0n) is 15.5. The summed E-state index contributed by atoms with van der Waals surface area (Å²) in [5.41, 5.74) is 2.59. The highest BCUT2D eigenvalue weighted by Crippen LogP contribution is 2.40. The smallest absolute Gasteiger partial charge is 0.268 e. The van der Waals surface area contributed by atoms with E-state index in [0.29, 0.717) is 24.6 Å². The molecule has 0 bridgehead atoms. The Balaban J connectivity index is 1.66. The molecule has 2 aromatic rings. The Morgan fingerprint density at radius 1 is 1.23 bits per heavy atom. The van der Waals surface area contributed by atoms with Gasteiger partial charge in [0.15, 0.2) is 0 Å². The van der Waals surface area contributed by atoms with Crippen LogP contribution in [0.2, 0.25) is 0 Å².